The first-order valence-corrected chi connectivity index (χ1v) is 7.34. The fourth-order valence-electron chi connectivity index (χ4n) is 2.04. The van der Waals surface area contributed by atoms with Crippen molar-refractivity contribution in [2.45, 2.75) is 19.5 Å². The van der Waals surface area contributed by atoms with E-state index >= 15 is 0 Å². The van der Waals surface area contributed by atoms with Crippen LogP contribution in [0.1, 0.15) is 34.5 Å². The second-order valence-electron chi connectivity index (χ2n) is 4.79. The molecule has 0 aliphatic heterocycles. The summed E-state index contributed by atoms with van der Waals surface area (Å²) in [5.74, 6) is -1.06. The smallest absolute Gasteiger partial charge is 0.248 e. The summed E-state index contributed by atoms with van der Waals surface area (Å²) >= 11 is 3.50. The number of benzene rings is 2. The van der Waals surface area contributed by atoms with Crippen LogP contribution in [-0.4, -0.2) is 5.91 Å². The lowest BCUT2D eigenvalue weighted by Gasteiger charge is -2.16. The van der Waals surface area contributed by atoms with E-state index in [1.54, 1.807) is 6.07 Å². The van der Waals surface area contributed by atoms with Gasteiger partial charge in [0.15, 0.2) is 0 Å². The molecule has 0 saturated heterocycles. The normalized spacial score (nSPS) is 12.1. The van der Waals surface area contributed by atoms with Crippen LogP contribution in [-0.2, 0) is 6.54 Å². The summed E-state index contributed by atoms with van der Waals surface area (Å²) in [7, 11) is 0. The van der Waals surface area contributed by atoms with E-state index in [2.05, 4.69) is 21.2 Å². The first-order valence-electron chi connectivity index (χ1n) is 6.55. The summed E-state index contributed by atoms with van der Waals surface area (Å²) in [6.45, 7) is 2.38. The number of nitrogens with two attached hydrogens (primary N) is 1. The quantitative estimate of drug-likeness (QED) is 0.866. The molecule has 2 aromatic rings. The van der Waals surface area contributed by atoms with E-state index in [4.69, 9.17) is 5.73 Å². The number of amides is 1. The maximum atomic E-state index is 13.9. The second kappa shape index (κ2) is 6.83. The topological polar surface area (TPSA) is 55.1 Å². The van der Waals surface area contributed by atoms with Gasteiger partial charge in [-0.25, -0.2) is 4.39 Å². The molecule has 3 N–H and O–H groups in total. The van der Waals surface area contributed by atoms with Gasteiger partial charge in [-0.1, -0.05) is 40.2 Å². The van der Waals surface area contributed by atoms with Crippen molar-refractivity contribution in [3.05, 3.63) is 69.4 Å². The van der Waals surface area contributed by atoms with Gasteiger partial charge in [0.2, 0.25) is 5.91 Å². The third-order valence-corrected chi connectivity index (χ3v) is 4.03. The van der Waals surface area contributed by atoms with Gasteiger partial charge in [-0.15, -0.1) is 0 Å². The molecule has 0 aliphatic carbocycles. The number of hydrogen-bond donors (Lipinski definition) is 2. The van der Waals surface area contributed by atoms with E-state index in [1.807, 2.05) is 31.2 Å². The Kier molecular flexibility index (Phi) is 5.09. The number of nitrogens with one attached hydrogen (secondary N) is 1. The molecule has 0 radical (unpaired) electrons. The Hall–Kier alpha value is -1.72. The Labute approximate surface area is 131 Å². The highest BCUT2D eigenvalue weighted by Gasteiger charge is 2.11. The van der Waals surface area contributed by atoms with Gasteiger partial charge in [0.25, 0.3) is 0 Å². The third-order valence-electron chi connectivity index (χ3n) is 3.31. The molecule has 0 unspecified atom stereocenters. The lowest BCUT2D eigenvalue weighted by atomic mass is 10.1. The maximum absolute atomic E-state index is 13.9. The highest BCUT2D eigenvalue weighted by atomic mass is 79.9. The number of primary amides is 1. The van der Waals surface area contributed by atoms with Gasteiger partial charge in [0.1, 0.15) is 5.82 Å². The van der Waals surface area contributed by atoms with E-state index in [0.29, 0.717) is 12.1 Å². The van der Waals surface area contributed by atoms with Crippen LogP contribution in [0, 0.1) is 5.82 Å². The zero-order valence-electron chi connectivity index (χ0n) is 11.6. The molecule has 0 aliphatic rings. The maximum Gasteiger partial charge on any atom is 0.248 e. The van der Waals surface area contributed by atoms with Crippen LogP contribution in [0.4, 0.5) is 4.39 Å². The van der Waals surface area contributed by atoms with Gasteiger partial charge >= 0.3 is 0 Å². The molecule has 0 bridgehead atoms. The van der Waals surface area contributed by atoms with Crippen LogP contribution in [0.2, 0.25) is 0 Å². The van der Waals surface area contributed by atoms with Crippen LogP contribution in [0.25, 0.3) is 0 Å². The van der Waals surface area contributed by atoms with Crippen LogP contribution < -0.4 is 11.1 Å². The summed E-state index contributed by atoms with van der Waals surface area (Å²) in [6.07, 6.45) is 0. The Morgan fingerprint density at radius 1 is 1.33 bits per heavy atom. The van der Waals surface area contributed by atoms with Crippen molar-refractivity contribution in [3.63, 3.8) is 0 Å². The molecule has 21 heavy (non-hydrogen) atoms. The molecule has 2 rings (SSSR count). The largest absolute Gasteiger partial charge is 0.366 e. The number of halogens is 2. The number of rotatable bonds is 5. The third kappa shape index (κ3) is 3.89. The molecule has 5 heteroatoms. The summed E-state index contributed by atoms with van der Waals surface area (Å²) < 4.78 is 14.9. The monoisotopic (exact) mass is 350 g/mol. The highest BCUT2D eigenvalue weighted by molar-refractivity contribution is 9.10. The SMILES string of the molecule is C[C@@H](NCc1ccc(C(N)=O)cc1F)c1ccccc1Br. The van der Waals surface area contributed by atoms with E-state index in [1.165, 1.54) is 12.1 Å². The molecule has 1 atom stereocenters. The first kappa shape index (κ1) is 15.7. The van der Waals surface area contributed by atoms with Crippen molar-refractivity contribution < 1.29 is 9.18 Å². The lowest BCUT2D eigenvalue weighted by molar-refractivity contribution is 0.1000. The van der Waals surface area contributed by atoms with E-state index in [9.17, 15) is 9.18 Å². The summed E-state index contributed by atoms with van der Waals surface area (Å²) in [6, 6.07) is 12.2. The van der Waals surface area contributed by atoms with Gasteiger partial charge in [-0.05, 0) is 30.7 Å². The van der Waals surface area contributed by atoms with Gasteiger partial charge in [0, 0.05) is 28.2 Å². The molecule has 2 aromatic carbocycles. The van der Waals surface area contributed by atoms with E-state index in [0.717, 1.165) is 10.0 Å². The number of carbonyl (C=O) groups is 1. The lowest BCUT2D eigenvalue weighted by Crippen LogP contribution is -2.19. The summed E-state index contributed by atoms with van der Waals surface area (Å²) in [4.78, 5) is 11.0. The van der Waals surface area contributed by atoms with Crippen molar-refractivity contribution in [3.8, 4) is 0 Å². The minimum atomic E-state index is -0.630. The standard InChI is InChI=1S/C16H16BrFN2O/c1-10(13-4-2-3-5-14(13)17)20-9-12-7-6-11(16(19)21)8-15(12)18/h2-8,10,20H,9H2,1H3,(H2,19,21)/t10-/m1/s1. The van der Waals surface area contributed by atoms with Crippen molar-refractivity contribution in [1.29, 1.82) is 0 Å². The molecule has 0 fully saturated rings. The average molecular weight is 351 g/mol. The van der Waals surface area contributed by atoms with Crippen LogP contribution in [0.5, 0.6) is 0 Å². The minimum absolute atomic E-state index is 0.0655. The summed E-state index contributed by atoms with van der Waals surface area (Å²) in [5, 5.41) is 3.26. The summed E-state index contributed by atoms with van der Waals surface area (Å²) in [5.41, 5.74) is 6.90. The molecule has 0 saturated carbocycles. The van der Waals surface area contributed by atoms with Gasteiger partial charge < -0.3 is 11.1 Å². The average Bonchev–Trinajstić information content (AvgIpc) is 2.46. The molecule has 1 amide bonds. The molecule has 0 aromatic heterocycles. The van der Waals surface area contributed by atoms with Crippen molar-refractivity contribution >= 4 is 21.8 Å². The zero-order chi connectivity index (χ0) is 15.4. The molecule has 0 spiro atoms. The fraction of sp³-hybridized carbons (Fsp3) is 0.188. The fourth-order valence-corrected chi connectivity index (χ4v) is 2.67. The highest BCUT2D eigenvalue weighted by Crippen LogP contribution is 2.23. The zero-order valence-corrected chi connectivity index (χ0v) is 13.2. The van der Waals surface area contributed by atoms with Gasteiger partial charge in [-0.3, -0.25) is 4.79 Å². The predicted molar refractivity (Wildman–Crippen MR) is 84.3 cm³/mol. The minimum Gasteiger partial charge on any atom is -0.366 e. The molecular weight excluding hydrogens is 335 g/mol. The Bertz CT molecular complexity index is 660. The van der Waals surface area contributed by atoms with Crippen LogP contribution in [0.15, 0.2) is 46.9 Å². The molecule has 0 heterocycles. The first-order chi connectivity index (χ1) is 9.99. The Morgan fingerprint density at radius 2 is 2.05 bits per heavy atom. The van der Waals surface area contributed by atoms with E-state index in [-0.39, 0.29) is 11.6 Å². The van der Waals surface area contributed by atoms with Crippen LogP contribution >= 0.6 is 15.9 Å². The second-order valence-corrected chi connectivity index (χ2v) is 5.65. The van der Waals surface area contributed by atoms with Crippen molar-refractivity contribution in [2.24, 2.45) is 5.73 Å². The Balaban J connectivity index is 2.06. The van der Waals surface area contributed by atoms with Gasteiger partial charge in [0.05, 0.1) is 0 Å². The van der Waals surface area contributed by atoms with E-state index < -0.39 is 11.7 Å². The van der Waals surface area contributed by atoms with Crippen LogP contribution in [0.3, 0.4) is 0 Å². The number of hydrogen-bond acceptors (Lipinski definition) is 2. The molecule has 3 nitrogen and oxygen atoms in total. The van der Waals surface area contributed by atoms with Gasteiger partial charge in [-0.2, -0.15) is 0 Å². The predicted octanol–water partition coefficient (Wildman–Crippen LogP) is 3.54. The molecule has 110 valence electrons. The van der Waals surface area contributed by atoms with Crippen molar-refractivity contribution in [1.82, 2.24) is 5.32 Å². The van der Waals surface area contributed by atoms with Crippen molar-refractivity contribution in [2.75, 3.05) is 0 Å². The molecular formula is C16H16BrFN2O. The Morgan fingerprint density at radius 3 is 2.67 bits per heavy atom. The number of carbonyl (C=O) groups excluding carboxylic acids is 1.